The standard InChI is InChI=1S/C21H20ClNO/c22-19-13-11-18(12-14-19)21(17-9-5-2-6-10-17)24-20(15-23)16-7-3-1-4-8-16/h1-14,20-21H,15,23H2. The van der Waals surface area contributed by atoms with E-state index in [2.05, 4.69) is 12.1 Å². The molecule has 0 aliphatic heterocycles. The van der Waals surface area contributed by atoms with E-state index < -0.39 is 0 Å². The van der Waals surface area contributed by atoms with Crippen molar-refractivity contribution >= 4 is 11.6 Å². The molecule has 2 atom stereocenters. The van der Waals surface area contributed by atoms with Crippen LogP contribution in [0.15, 0.2) is 84.9 Å². The highest BCUT2D eigenvalue weighted by atomic mass is 35.5. The maximum atomic E-state index is 6.43. The summed E-state index contributed by atoms with van der Waals surface area (Å²) < 4.78 is 6.43. The Morgan fingerprint density at radius 3 is 1.75 bits per heavy atom. The van der Waals surface area contributed by atoms with Crippen molar-refractivity contribution in [1.29, 1.82) is 0 Å². The number of halogens is 1. The van der Waals surface area contributed by atoms with Crippen LogP contribution in [0.5, 0.6) is 0 Å². The van der Waals surface area contributed by atoms with E-state index >= 15 is 0 Å². The second-order valence-corrected chi connectivity index (χ2v) is 6.05. The Balaban J connectivity index is 1.94. The Morgan fingerprint density at radius 1 is 0.708 bits per heavy atom. The number of ether oxygens (including phenoxy) is 1. The maximum absolute atomic E-state index is 6.43. The monoisotopic (exact) mass is 337 g/mol. The van der Waals surface area contributed by atoms with Crippen LogP contribution in [0, 0.1) is 0 Å². The van der Waals surface area contributed by atoms with Crippen molar-refractivity contribution in [3.63, 3.8) is 0 Å². The van der Waals surface area contributed by atoms with Gasteiger partial charge in [-0.05, 0) is 28.8 Å². The molecular weight excluding hydrogens is 318 g/mol. The summed E-state index contributed by atoms with van der Waals surface area (Å²) in [6.45, 7) is 0.418. The molecule has 3 heteroatoms. The average molecular weight is 338 g/mol. The molecule has 24 heavy (non-hydrogen) atoms. The first-order valence-electron chi connectivity index (χ1n) is 7.99. The van der Waals surface area contributed by atoms with Crippen LogP contribution in [0.4, 0.5) is 0 Å². The molecule has 2 nitrogen and oxygen atoms in total. The predicted molar refractivity (Wildman–Crippen MR) is 99.1 cm³/mol. The normalized spacial score (nSPS) is 13.4. The van der Waals surface area contributed by atoms with Gasteiger partial charge in [0.2, 0.25) is 0 Å². The van der Waals surface area contributed by atoms with Gasteiger partial charge in [-0.25, -0.2) is 0 Å². The lowest BCUT2D eigenvalue weighted by molar-refractivity contribution is 0.0122. The molecule has 0 fully saturated rings. The number of hydrogen-bond donors (Lipinski definition) is 1. The molecule has 3 aromatic rings. The van der Waals surface area contributed by atoms with E-state index in [4.69, 9.17) is 22.1 Å². The zero-order valence-corrected chi connectivity index (χ0v) is 14.1. The van der Waals surface area contributed by atoms with E-state index in [1.807, 2.05) is 72.8 Å². The van der Waals surface area contributed by atoms with Crippen molar-refractivity contribution < 1.29 is 4.74 Å². The van der Waals surface area contributed by atoms with E-state index in [1.165, 1.54) is 0 Å². The predicted octanol–water partition coefficient (Wildman–Crippen LogP) is 5.15. The smallest absolute Gasteiger partial charge is 0.108 e. The molecule has 122 valence electrons. The fourth-order valence-electron chi connectivity index (χ4n) is 2.72. The first kappa shape index (κ1) is 16.7. The fraction of sp³-hybridized carbons (Fsp3) is 0.143. The highest BCUT2D eigenvalue weighted by molar-refractivity contribution is 6.30. The molecule has 0 bridgehead atoms. The minimum atomic E-state index is -0.197. The summed E-state index contributed by atoms with van der Waals surface area (Å²) >= 11 is 6.03. The van der Waals surface area contributed by atoms with Crippen LogP contribution in [0.25, 0.3) is 0 Å². The molecule has 0 saturated heterocycles. The zero-order chi connectivity index (χ0) is 16.8. The van der Waals surface area contributed by atoms with E-state index in [0.717, 1.165) is 16.7 Å². The van der Waals surface area contributed by atoms with Gasteiger partial charge in [0.05, 0.1) is 6.10 Å². The van der Waals surface area contributed by atoms with E-state index in [9.17, 15) is 0 Å². The molecule has 0 spiro atoms. The molecular formula is C21H20ClNO. The molecule has 0 amide bonds. The highest BCUT2D eigenvalue weighted by Gasteiger charge is 2.20. The summed E-state index contributed by atoms with van der Waals surface area (Å²) in [6, 6.07) is 28.0. The van der Waals surface area contributed by atoms with Gasteiger partial charge in [0, 0.05) is 11.6 Å². The Bertz CT molecular complexity index is 744. The van der Waals surface area contributed by atoms with Gasteiger partial charge in [0.15, 0.2) is 0 Å². The Hall–Kier alpha value is -2.13. The molecule has 0 saturated carbocycles. The average Bonchev–Trinajstić information content (AvgIpc) is 2.65. The van der Waals surface area contributed by atoms with Crippen LogP contribution >= 0.6 is 11.6 Å². The topological polar surface area (TPSA) is 35.2 Å². The molecule has 3 rings (SSSR count). The first-order chi connectivity index (χ1) is 11.8. The lowest BCUT2D eigenvalue weighted by atomic mass is 10.0. The molecule has 2 unspecified atom stereocenters. The minimum absolute atomic E-state index is 0.174. The Kier molecular flexibility index (Phi) is 5.65. The summed E-state index contributed by atoms with van der Waals surface area (Å²) in [5.74, 6) is 0. The van der Waals surface area contributed by atoms with Crippen molar-refractivity contribution in [2.75, 3.05) is 6.54 Å². The molecule has 0 heterocycles. The third kappa shape index (κ3) is 4.04. The van der Waals surface area contributed by atoms with Gasteiger partial charge in [0.1, 0.15) is 6.10 Å². The van der Waals surface area contributed by atoms with Crippen molar-refractivity contribution in [2.45, 2.75) is 12.2 Å². The quantitative estimate of drug-likeness (QED) is 0.675. The minimum Gasteiger partial charge on any atom is -0.360 e. The fourth-order valence-corrected chi connectivity index (χ4v) is 2.84. The highest BCUT2D eigenvalue weighted by Crippen LogP contribution is 2.32. The van der Waals surface area contributed by atoms with Crippen LogP contribution in [-0.4, -0.2) is 6.54 Å². The lowest BCUT2D eigenvalue weighted by Crippen LogP contribution is -2.19. The van der Waals surface area contributed by atoms with Gasteiger partial charge >= 0.3 is 0 Å². The second kappa shape index (κ2) is 8.11. The molecule has 0 aliphatic carbocycles. The first-order valence-corrected chi connectivity index (χ1v) is 8.36. The van der Waals surface area contributed by atoms with Crippen molar-refractivity contribution in [1.82, 2.24) is 0 Å². The molecule has 3 aromatic carbocycles. The molecule has 0 radical (unpaired) electrons. The van der Waals surface area contributed by atoms with Gasteiger partial charge in [-0.1, -0.05) is 84.4 Å². The zero-order valence-electron chi connectivity index (χ0n) is 13.3. The molecule has 2 N–H and O–H groups in total. The second-order valence-electron chi connectivity index (χ2n) is 5.61. The van der Waals surface area contributed by atoms with Crippen molar-refractivity contribution in [3.05, 3.63) is 107 Å². The summed E-state index contributed by atoms with van der Waals surface area (Å²) in [6.07, 6.45) is -0.371. The third-order valence-corrected chi connectivity index (χ3v) is 4.21. The van der Waals surface area contributed by atoms with Crippen LogP contribution in [-0.2, 0) is 4.74 Å². The van der Waals surface area contributed by atoms with Gasteiger partial charge in [-0.3, -0.25) is 0 Å². The van der Waals surface area contributed by atoms with Crippen LogP contribution in [0.3, 0.4) is 0 Å². The summed E-state index contributed by atoms with van der Waals surface area (Å²) in [4.78, 5) is 0. The maximum Gasteiger partial charge on any atom is 0.108 e. The summed E-state index contributed by atoms with van der Waals surface area (Å²) in [5, 5.41) is 0.712. The van der Waals surface area contributed by atoms with Gasteiger partial charge in [-0.2, -0.15) is 0 Å². The van der Waals surface area contributed by atoms with Crippen LogP contribution in [0.2, 0.25) is 5.02 Å². The van der Waals surface area contributed by atoms with E-state index in [0.29, 0.717) is 11.6 Å². The van der Waals surface area contributed by atoms with E-state index in [-0.39, 0.29) is 12.2 Å². The number of benzene rings is 3. The number of nitrogens with two attached hydrogens (primary N) is 1. The largest absolute Gasteiger partial charge is 0.360 e. The molecule has 0 aromatic heterocycles. The van der Waals surface area contributed by atoms with Crippen molar-refractivity contribution in [3.8, 4) is 0 Å². The lowest BCUT2D eigenvalue weighted by Gasteiger charge is -2.25. The van der Waals surface area contributed by atoms with Gasteiger partial charge in [0.25, 0.3) is 0 Å². The van der Waals surface area contributed by atoms with Gasteiger partial charge < -0.3 is 10.5 Å². The van der Waals surface area contributed by atoms with E-state index in [1.54, 1.807) is 0 Å². The molecule has 0 aliphatic rings. The van der Waals surface area contributed by atoms with Crippen LogP contribution in [0.1, 0.15) is 28.9 Å². The SMILES string of the molecule is NCC(OC(c1ccccc1)c1ccc(Cl)cc1)c1ccccc1. The van der Waals surface area contributed by atoms with Crippen LogP contribution < -0.4 is 5.73 Å². The third-order valence-electron chi connectivity index (χ3n) is 3.96. The Morgan fingerprint density at radius 2 is 1.21 bits per heavy atom. The Labute approximate surface area is 147 Å². The van der Waals surface area contributed by atoms with Gasteiger partial charge in [-0.15, -0.1) is 0 Å². The summed E-state index contributed by atoms with van der Waals surface area (Å²) in [7, 11) is 0. The number of hydrogen-bond acceptors (Lipinski definition) is 2. The van der Waals surface area contributed by atoms with Crippen molar-refractivity contribution in [2.24, 2.45) is 5.73 Å². The number of rotatable bonds is 6. The summed E-state index contributed by atoms with van der Waals surface area (Å²) in [5.41, 5.74) is 9.21.